The maximum absolute atomic E-state index is 13.8. The minimum Gasteiger partial charge on any atom is -0.469 e. The normalized spacial score (nSPS) is 12.2. The lowest BCUT2D eigenvalue weighted by molar-refractivity contribution is 0.228. The quantitative estimate of drug-likeness (QED) is 0.833. The Bertz CT molecular complexity index is 460. The molecule has 0 aliphatic heterocycles. The molecule has 0 amide bonds. The predicted octanol–water partition coefficient (Wildman–Crippen LogP) is 3.39. The summed E-state index contributed by atoms with van der Waals surface area (Å²) >= 11 is 0. The van der Waals surface area contributed by atoms with Gasteiger partial charge in [-0.1, -0.05) is 20.8 Å². The van der Waals surface area contributed by atoms with Crippen molar-refractivity contribution in [3.8, 4) is 11.8 Å². The SMILES string of the molecule is CCC(C#N)Oc1c(F)cc(CNCC(C)C)cc1F. The van der Waals surface area contributed by atoms with Gasteiger partial charge in [0, 0.05) is 6.54 Å². The molecular formula is C15H20F2N2O. The maximum atomic E-state index is 13.8. The molecule has 0 aliphatic rings. The Morgan fingerprint density at radius 3 is 2.35 bits per heavy atom. The van der Waals surface area contributed by atoms with E-state index in [0.717, 1.165) is 6.54 Å². The molecule has 20 heavy (non-hydrogen) atoms. The molecule has 1 aromatic rings. The third-order valence-electron chi connectivity index (χ3n) is 2.71. The zero-order chi connectivity index (χ0) is 15.1. The van der Waals surface area contributed by atoms with Gasteiger partial charge in [-0.25, -0.2) is 8.78 Å². The number of ether oxygens (including phenoxy) is 1. The molecule has 5 heteroatoms. The van der Waals surface area contributed by atoms with Gasteiger partial charge < -0.3 is 10.1 Å². The second-order valence-electron chi connectivity index (χ2n) is 5.06. The third kappa shape index (κ3) is 4.78. The number of nitrogens with one attached hydrogen (secondary N) is 1. The molecule has 0 bridgehead atoms. The van der Waals surface area contributed by atoms with Crippen LogP contribution in [0.1, 0.15) is 32.8 Å². The molecule has 110 valence electrons. The largest absolute Gasteiger partial charge is 0.469 e. The zero-order valence-corrected chi connectivity index (χ0v) is 12.0. The molecule has 0 aromatic heterocycles. The van der Waals surface area contributed by atoms with E-state index in [9.17, 15) is 8.78 Å². The molecule has 0 heterocycles. The van der Waals surface area contributed by atoms with Gasteiger partial charge in [-0.3, -0.25) is 0 Å². The summed E-state index contributed by atoms with van der Waals surface area (Å²) in [6.07, 6.45) is -0.475. The number of rotatable bonds is 7. The standard InChI is InChI=1S/C15H20F2N2O/c1-4-12(7-18)20-15-13(16)5-11(6-14(15)17)9-19-8-10(2)3/h5-6,10,12,19H,4,8-9H2,1-3H3. The average Bonchev–Trinajstić information content (AvgIpc) is 2.38. The monoisotopic (exact) mass is 282 g/mol. The topological polar surface area (TPSA) is 45.0 Å². The fourth-order valence-corrected chi connectivity index (χ4v) is 1.68. The number of nitrogens with zero attached hydrogens (tertiary/aromatic N) is 1. The second-order valence-corrected chi connectivity index (χ2v) is 5.06. The molecule has 1 N–H and O–H groups in total. The summed E-state index contributed by atoms with van der Waals surface area (Å²) < 4.78 is 32.7. The molecule has 1 aromatic carbocycles. The second kappa shape index (κ2) is 7.81. The number of nitriles is 1. The van der Waals surface area contributed by atoms with Crippen LogP contribution in [0.2, 0.25) is 0 Å². The highest BCUT2D eigenvalue weighted by atomic mass is 19.1. The Hall–Kier alpha value is -1.67. The van der Waals surface area contributed by atoms with Crippen molar-refractivity contribution < 1.29 is 13.5 Å². The molecule has 0 saturated heterocycles. The van der Waals surface area contributed by atoms with Crippen molar-refractivity contribution in [3.05, 3.63) is 29.3 Å². The minimum atomic E-state index is -0.844. The number of hydrogen-bond acceptors (Lipinski definition) is 3. The Morgan fingerprint density at radius 1 is 1.30 bits per heavy atom. The number of hydrogen-bond donors (Lipinski definition) is 1. The minimum absolute atomic E-state index is 0.368. The van der Waals surface area contributed by atoms with Gasteiger partial charge in [0.15, 0.2) is 23.5 Å². The van der Waals surface area contributed by atoms with Crippen LogP contribution < -0.4 is 10.1 Å². The highest BCUT2D eigenvalue weighted by Gasteiger charge is 2.16. The molecule has 1 rings (SSSR count). The smallest absolute Gasteiger partial charge is 0.192 e. The van der Waals surface area contributed by atoms with E-state index in [1.165, 1.54) is 12.1 Å². The van der Waals surface area contributed by atoms with Gasteiger partial charge in [-0.05, 0) is 36.6 Å². The van der Waals surface area contributed by atoms with E-state index >= 15 is 0 Å². The molecular weight excluding hydrogens is 262 g/mol. The zero-order valence-electron chi connectivity index (χ0n) is 12.0. The van der Waals surface area contributed by atoms with Gasteiger partial charge in [0.1, 0.15) is 6.07 Å². The fourth-order valence-electron chi connectivity index (χ4n) is 1.68. The van der Waals surface area contributed by atoms with E-state index in [1.807, 2.05) is 6.07 Å². The van der Waals surface area contributed by atoms with Gasteiger partial charge in [-0.2, -0.15) is 5.26 Å². The molecule has 0 spiro atoms. The molecule has 0 radical (unpaired) electrons. The van der Waals surface area contributed by atoms with Crippen molar-refractivity contribution in [1.82, 2.24) is 5.32 Å². The Morgan fingerprint density at radius 2 is 1.90 bits per heavy atom. The van der Waals surface area contributed by atoms with Crippen molar-refractivity contribution in [2.75, 3.05) is 6.54 Å². The molecule has 0 saturated carbocycles. The van der Waals surface area contributed by atoms with E-state index in [0.29, 0.717) is 24.4 Å². The number of halogens is 2. The van der Waals surface area contributed by atoms with E-state index in [4.69, 9.17) is 10.00 Å². The molecule has 0 aliphatic carbocycles. The Balaban J connectivity index is 2.78. The van der Waals surface area contributed by atoms with E-state index in [1.54, 1.807) is 6.92 Å². The summed E-state index contributed by atoms with van der Waals surface area (Å²) in [6.45, 7) is 6.99. The lowest BCUT2D eigenvalue weighted by atomic mass is 10.1. The van der Waals surface area contributed by atoms with Crippen LogP contribution in [0, 0.1) is 28.9 Å². The van der Waals surface area contributed by atoms with Gasteiger partial charge >= 0.3 is 0 Å². The highest BCUT2D eigenvalue weighted by molar-refractivity contribution is 5.32. The molecule has 1 atom stereocenters. The van der Waals surface area contributed by atoms with E-state index in [2.05, 4.69) is 19.2 Å². The van der Waals surface area contributed by atoms with Crippen LogP contribution in [-0.4, -0.2) is 12.6 Å². The van der Waals surface area contributed by atoms with Gasteiger partial charge in [0.05, 0.1) is 0 Å². The fraction of sp³-hybridized carbons (Fsp3) is 0.533. The summed E-state index contributed by atoms with van der Waals surface area (Å²) in [4.78, 5) is 0. The van der Waals surface area contributed by atoms with Crippen LogP contribution in [0.5, 0.6) is 5.75 Å². The van der Waals surface area contributed by atoms with Crippen LogP contribution in [0.3, 0.4) is 0 Å². The summed E-state index contributed by atoms with van der Waals surface area (Å²) in [5.74, 6) is -1.57. The molecule has 3 nitrogen and oxygen atoms in total. The first kappa shape index (κ1) is 16.4. The van der Waals surface area contributed by atoms with Crippen molar-refractivity contribution in [2.45, 2.75) is 39.8 Å². The van der Waals surface area contributed by atoms with Gasteiger partial charge in [0.2, 0.25) is 0 Å². The Kier molecular flexibility index (Phi) is 6.40. The van der Waals surface area contributed by atoms with E-state index < -0.39 is 23.5 Å². The van der Waals surface area contributed by atoms with Crippen molar-refractivity contribution in [3.63, 3.8) is 0 Å². The first-order valence-corrected chi connectivity index (χ1v) is 6.72. The van der Waals surface area contributed by atoms with Gasteiger partial charge in [0.25, 0.3) is 0 Å². The van der Waals surface area contributed by atoms with Gasteiger partial charge in [-0.15, -0.1) is 0 Å². The Labute approximate surface area is 118 Å². The van der Waals surface area contributed by atoms with E-state index in [-0.39, 0.29) is 0 Å². The maximum Gasteiger partial charge on any atom is 0.192 e. The first-order valence-electron chi connectivity index (χ1n) is 6.72. The summed E-state index contributed by atoms with van der Waals surface area (Å²) in [6, 6.07) is 4.31. The summed E-state index contributed by atoms with van der Waals surface area (Å²) in [5, 5.41) is 11.9. The first-order chi connectivity index (χ1) is 9.47. The molecule has 0 fully saturated rings. The summed E-state index contributed by atoms with van der Waals surface area (Å²) in [5.41, 5.74) is 0.512. The van der Waals surface area contributed by atoms with Crippen LogP contribution in [0.15, 0.2) is 12.1 Å². The number of benzene rings is 1. The lowest BCUT2D eigenvalue weighted by Gasteiger charge is -2.13. The van der Waals surface area contributed by atoms with Crippen molar-refractivity contribution in [1.29, 1.82) is 5.26 Å². The summed E-state index contributed by atoms with van der Waals surface area (Å²) in [7, 11) is 0. The van der Waals surface area contributed by atoms with Crippen LogP contribution in [0.25, 0.3) is 0 Å². The van der Waals surface area contributed by atoms with Crippen LogP contribution in [0.4, 0.5) is 8.78 Å². The predicted molar refractivity (Wildman–Crippen MR) is 73.2 cm³/mol. The average molecular weight is 282 g/mol. The highest BCUT2D eigenvalue weighted by Crippen LogP contribution is 2.25. The van der Waals surface area contributed by atoms with Crippen molar-refractivity contribution >= 4 is 0 Å². The third-order valence-corrected chi connectivity index (χ3v) is 2.71. The van der Waals surface area contributed by atoms with Crippen LogP contribution in [-0.2, 0) is 6.54 Å². The van der Waals surface area contributed by atoms with Crippen molar-refractivity contribution in [2.24, 2.45) is 5.92 Å². The van der Waals surface area contributed by atoms with Crippen LogP contribution >= 0.6 is 0 Å². The molecule has 1 unspecified atom stereocenters. The lowest BCUT2D eigenvalue weighted by Crippen LogP contribution is -2.19.